The van der Waals surface area contributed by atoms with E-state index in [4.69, 9.17) is 9.15 Å². The number of rotatable bonds is 3. The molecule has 1 fully saturated rings. The quantitative estimate of drug-likeness (QED) is 0.869. The van der Waals surface area contributed by atoms with Gasteiger partial charge in [0.1, 0.15) is 6.04 Å². The Balaban J connectivity index is 1.85. The van der Waals surface area contributed by atoms with Crippen LogP contribution in [0.2, 0.25) is 0 Å². The second kappa shape index (κ2) is 6.18. The highest BCUT2D eigenvalue weighted by Gasteiger charge is 2.33. The molecule has 0 radical (unpaired) electrons. The van der Waals surface area contributed by atoms with E-state index in [1.165, 1.54) is 11.3 Å². The Hall–Kier alpha value is -1.73. The van der Waals surface area contributed by atoms with E-state index in [1.807, 2.05) is 32.9 Å². The SMILES string of the molecule is Cc1ccc(C(=O)N2CCOC[C@@H]2c2nnc(C(C)C)o2)s1. The van der Waals surface area contributed by atoms with Gasteiger partial charge >= 0.3 is 0 Å². The molecule has 1 aliphatic heterocycles. The maximum absolute atomic E-state index is 12.7. The highest BCUT2D eigenvalue weighted by Crippen LogP contribution is 2.28. The fourth-order valence-electron chi connectivity index (χ4n) is 2.36. The van der Waals surface area contributed by atoms with Gasteiger partial charge in [-0.25, -0.2) is 0 Å². The summed E-state index contributed by atoms with van der Waals surface area (Å²) in [5.74, 6) is 1.19. The normalized spacial score (nSPS) is 18.9. The van der Waals surface area contributed by atoms with Crippen molar-refractivity contribution >= 4 is 17.2 Å². The van der Waals surface area contributed by atoms with Gasteiger partial charge < -0.3 is 14.1 Å². The number of amides is 1. The molecule has 118 valence electrons. The molecule has 7 heteroatoms. The number of hydrogen-bond donors (Lipinski definition) is 0. The molecule has 1 atom stereocenters. The van der Waals surface area contributed by atoms with Gasteiger partial charge in [-0.3, -0.25) is 4.79 Å². The molecule has 2 aromatic rings. The molecular weight excluding hydrogens is 302 g/mol. The van der Waals surface area contributed by atoms with Gasteiger partial charge in [0, 0.05) is 17.3 Å². The standard InChI is InChI=1S/C15H19N3O3S/c1-9(2)13-16-17-14(21-13)11-8-20-7-6-18(11)15(19)12-5-4-10(3)22-12/h4-5,9,11H,6-8H2,1-3H3/t11-/m1/s1. The summed E-state index contributed by atoms with van der Waals surface area (Å²) >= 11 is 1.50. The largest absolute Gasteiger partial charge is 0.423 e. The summed E-state index contributed by atoms with van der Waals surface area (Å²) in [6.07, 6.45) is 0. The highest BCUT2D eigenvalue weighted by molar-refractivity contribution is 7.13. The topological polar surface area (TPSA) is 68.5 Å². The van der Waals surface area contributed by atoms with Crippen LogP contribution in [0.4, 0.5) is 0 Å². The summed E-state index contributed by atoms with van der Waals surface area (Å²) in [7, 11) is 0. The van der Waals surface area contributed by atoms with Gasteiger partial charge in [-0.1, -0.05) is 13.8 Å². The Morgan fingerprint density at radius 1 is 1.41 bits per heavy atom. The number of aryl methyl sites for hydroxylation is 1. The van der Waals surface area contributed by atoms with Crippen LogP contribution < -0.4 is 0 Å². The maximum Gasteiger partial charge on any atom is 0.264 e. The minimum Gasteiger partial charge on any atom is -0.423 e. The fourth-order valence-corrected chi connectivity index (χ4v) is 3.18. The maximum atomic E-state index is 12.7. The number of aromatic nitrogens is 2. The lowest BCUT2D eigenvalue weighted by Crippen LogP contribution is -2.43. The van der Waals surface area contributed by atoms with Crippen LogP contribution in [-0.2, 0) is 4.74 Å². The third-order valence-electron chi connectivity index (χ3n) is 3.58. The van der Waals surface area contributed by atoms with E-state index in [2.05, 4.69) is 10.2 Å². The Morgan fingerprint density at radius 3 is 2.86 bits per heavy atom. The van der Waals surface area contributed by atoms with Gasteiger partial charge in [0.2, 0.25) is 11.8 Å². The number of ether oxygens (including phenoxy) is 1. The van der Waals surface area contributed by atoms with Gasteiger partial charge in [-0.15, -0.1) is 21.5 Å². The molecule has 1 aliphatic rings. The van der Waals surface area contributed by atoms with Gasteiger partial charge in [0.15, 0.2) is 0 Å². The molecule has 0 spiro atoms. The number of nitrogens with zero attached hydrogens (tertiary/aromatic N) is 3. The Bertz CT molecular complexity index is 665. The lowest BCUT2D eigenvalue weighted by atomic mass is 10.2. The molecule has 6 nitrogen and oxygen atoms in total. The summed E-state index contributed by atoms with van der Waals surface area (Å²) in [6, 6.07) is 3.50. The molecule has 2 aromatic heterocycles. The minimum absolute atomic E-state index is 0.00398. The van der Waals surface area contributed by atoms with Crippen molar-refractivity contribution in [1.29, 1.82) is 0 Å². The highest BCUT2D eigenvalue weighted by atomic mass is 32.1. The molecule has 0 aliphatic carbocycles. The first-order valence-electron chi connectivity index (χ1n) is 7.34. The van der Waals surface area contributed by atoms with Crippen molar-refractivity contribution in [2.75, 3.05) is 19.8 Å². The van der Waals surface area contributed by atoms with E-state index in [-0.39, 0.29) is 17.9 Å². The molecule has 3 heterocycles. The van der Waals surface area contributed by atoms with Gasteiger partial charge in [-0.05, 0) is 19.1 Å². The monoisotopic (exact) mass is 321 g/mol. The molecule has 0 unspecified atom stereocenters. The van der Waals surface area contributed by atoms with Crippen LogP contribution in [0.1, 0.15) is 52.1 Å². The first-order valence-corrected chi connectivity index (χ1v) is 8.16. The van der Waals surface area contributed by atoms with Crippen LogP contribution in [0.3, 0.4) is 0 Å². The zero-order valence-electron chi connectivity index (χ0n) is 12.9. The van der Waals surface area contributed by atoms with Crippen molar-refractivity contribution in [1.82, 2.24) is 15.1 Å². The van der Waals surface area contributed by atoms with Crippen LogP contribution in [0, 0.1) is 6.92 Å². The minimum atomic E-state index is -0.316. The first kappa shape index (κ1) is 15.2. The predicted molar refractivity (Wildman–Crippen MR) is 82.0 cm³/mol. The van der Waals surface area contributed by atoms with Crippen molar-refractivity contribution in [2.24, 2.45) is 0 Å². The lowest BCUT2D eigenvalue weighted by Gasteiger charge is -2.33. The molecule has 1 amide bonds. The Kier molecular flexibility index (Phi) is 4.26. The first-order chi connectivity index (χ1) is 10.6. The van der Waals surface area contributed by atoms with Crippen molar-refractivity contribution < 1.29 is 13.9 Å². The zero-order valence-corrected chi connectivity index (χ0v) is 13.7. The van der Waals surface area contributed by atoms with Gasteiger partial charge in [0.25, 0.3) is 5.91 Å². The number of hydrogen-bond acceptors (Lipinski definition) is 6. The number of morpholine rings is 1. The number of carbonyl (C=O) groups is 1. The Morgan fingerprint density at radius 2 is 2.23 bits per heavy atom. The van der Waals surface area contributed by atoms with Crippen molar-refractivity contribution in [3.8, 4) is 0 Å². The van der Waals surface area contributed by atoms with Crippen LogP contribution in [-0.4, -0.2) is 40.8 Å². The summed E-state index contributed by atoms with van der Waals surface area (Å²) in [6.45, 7) is 7.41. The summed E-state index contributed by atoms with van der Waals surface area (Å²) in [5, 5.41) is 8.16. The smallest absolute Gasteiger partial charge is 0.264 e. The molecule has 0 saturated carbocycles. The van der Waals surface area contributed by atoms with E-state index in [0.717, 1.165) is 9.75 Å². The Labute approximate surface area is 133 Å². The van der Waals surface area contributed by atoms with Crippen molar-refractivity contribution in [3.63, 3.8) is 0 Å². The van der Waals surface area contributed by atoms with Gasteiger partial charge in [-0.2, -0.15) is 0 Å². The van der Waals surface area contributed by atoms with E-state index in [9.17, 15) is 4.79 Å². The van der Waals surface area contributed by atoms with Crippen LogP contribution in [0.15, 0.2) is 16.5 Å². The second-order valence-electron chi connectivity index (χ2n) is 5.63. The van der Waals surface area contributed by atoms with E-state index in [0.29, 0.717) is 31.5 Å². The third kappa shape index (κ3) is 2.91. The molecular formula is C15H19N3O3S. The molecule has 0 N–H and O–H groups in total. The van der Waals surface area contributed by atoms with E-state index < -0.39 is 0 Å². The van der Waals surface area contributed by atoms with Crippen molar-refractivity contribution in [2.45, 2.75) is 32.7 Å². The number of carbonyl (C=O) groups excluding carboxylic acids is 1. The fraction of sp³-hybridized carbons (Fsp3) is 0.533. The summed E-state index contributed by atoms with van der Waals surface area (Å²) < 4.78 is 11.2. The van der Waals surface area contributed by atoms with Gasteiger partial charge in [0.05, 0.1) is 18.1 Å². The van der Waals surface area contributed by atoms with E-state index in [1.54, 1.807) is 4.90 Å². The van der Waals surface area contributed by atoms with Crippen LogP contribution in [0.25, 0.3) is 0 Å². The molecule has 0 bridgehead atoms. The second-order valence-corrected chi connectivity index (χ2v) is 6.92. The average molecular weight is 321 g/mol. The third-order valence-corrected chi connectivity index (χ3v) is 4.56. The number of thiophene rings is 1. The molecule has 0 aromatic carbocycles. The van der Waals surface area contributed by atoms with Crippen LogP contribution >= 0.6 is 11.3 Å². The summed E-state index contributed by atoms with van der Waals surface area (Å²) in [5.41, 5.74) is 0. The molecule has 3 rings (SSSR count). The van der Waals surface area contributed by atoms with Crippen LogP contribution in [0.5, 0.6) is 0 Å². The molecule has 22 heavy (non-hydrogen) atoms. The predicted octanol–water partition coefficient (Wildman–Crippen LogP) is 2.78. The summed E-state index contributed by atoms with van der Waals surface area (Å²) in [4.78, 5) is 16.3. The van der Waals surface area contributed by atoms with Crippen molar-refractivity contribution in [3.05, 3.63) is 33.7 Å². The lowest BCUT2D eigenvalue weighted by molar-refractivity contribution is -0.0105. The zero-order chi connectivity index (χ0) is 15.7. The molecule has 1 saturated heterocycles. The van der Waals surface area contributed by atoms with E-state index >= 15 is 0 Å². The average Bonchev–Trinajstić information content (AvgIpc) is 3.15.